The zero-order valence-electron chi connectivity index (χ0n) is 21.7. The minimum absolute atomic E-state index is 0.0899. The molecule has 0 aliphatic rings. The SMILES string of the molecule is CCCCCC#CC(=O)Oc1cccc(C(=O)c2oc3ccc4c(C)cc(=O)oc4c3c2-c2ccccc2)c1. The van der Waals surface area contributed by atoms with Gasteiger partial charge < -0.3 is 13.6 Å². The molecular weight excluding hydrogens is 492 g/mol. The zero-order valence-corrected chi connectivity index (χ0v) is 21.7. The van der Waals surface area contributed by atoms with Crippen LogP contribution in [0.15, 0.2) is 86.4 Å². The third-order valence-corrected chi connectivity index (χ3v) is 6.44. The number of hydrogen-bond donors (Lipinski definition) is 0. The van der Waals surface area contributed by atoms with Crippen molar-refractivity contribution in [1.82, 2.24) is 0 Å². The minimum Gasteiger partial charge on any atom is -0.452 e. The van der Waals surface area contributed by atoms with Crippen LogP contribution >= 0.6 is 0 Å². The Labute approximate surface area is 225 Å². The number of hydrogen-bond acceptors (Lipinski definition) is 6. The maximum atomic E-state index is 13.8. The highest BCUT2D eigenvalue weighted by Gasteiger charge is 2.26. The standard InChI is InChI=1S/C33H26O6/c1-3-4-5-6-10-16-27(34)37-24-15-11-14-23(20-24)31(36)33-29(22-12-8-7-9-13-22)30-26(38-33)18-17-25-21(2)19-28(35)39-32(25)30/h7-9,11-15,17-20H,3-6H2,1-2H3. The Bertz CT molecular complexity index is 1810. The van der Waals surface area contributed by atoms with E-state index in [2.05, 4.69) is 18.8 Å². The van der Waals surface area contributed by atoms with E-state index in [1.807, 2.05) is 43.3 Å². The van der Waals surface area contributed by atoms with Crippen LogP contribution in [0.1, 0.15) is 54.3 Å². The predicted molar refractivity (Wildman–Crippen MR) is 150 cm³/mol. The van der Waals surface area contributed by atoms with E-state index in [1.165, 1.54) is 12.1 Å². The molecule has 0 bridgehead atoms. The van der Waals surface area contributed by atoms with Gasteiger partial charge in [0.1, 0.15) is 16.9 Å². The van der Waals surface area contributed by atoms with Gasteiger partial charge in [-0.15, -0.1) is 0 Å². The third kappa shape index (κ3) is 5.39. The summed E-state index contributed by atoms with van der Waals surface area (Å²) < 4.78 is 17.1. The number of aryl methyl sites for hydroxylation is 1. The topological polar surface area (TPSA) is 86.7 Å². The highest BCUT2D eigenvalue weighted by atomic mass is 16.5. The predicted octanol–water partition coefficient (Wildman–Crippen LogP) is 7.23. The molecule has 0 fully saturated rings. The lowest BCUT2D eigenvalue weighted by molar-refractivity contribution is -0.128. The Morgan fingerprint density at radius 2 is 1.74 bits per heavy atom. The molecular formula is C33H26O6. The fourth-order valence-corrected chi connectivity index (χ4v) is 4.56. The smallest absolute Gasteiger partial charge is 0.389 e. The molecule has 3 aromatic carbocycles. The van der Waals surface area contributed by atoms with Crippen LogP contribution in [0.5, 0.6) is 5.75 Å². The van der Waals surface area contributed by atoms with Gasteiger partial charge in [0.2, 0.25) is 5.78 Å². The Kier molecular flexibility index (Phi) is 7.42. The molecule has 0 amide bonds. The van der Waals surface area contributed by atoms with Gasteiger partial charge >= 0.3 is 11.6 Å². The van der Waals surface area contributed by atoms with Crippen LogP contribution in [0.3, 0.4) is 0 Å². The Hall–Kier alpha value is -4.89. The van der Waals surface area contributed by atoms with Gasteiger partial charge in [-0.3, -0.25) is 4.79 Å². The fourth-order valence-electron chi connectivity index (χ4n) is 4.56. The van der Waals surface area contributed by atoms with Gasteiger partial charge in [-0.1, -0.05) is 68.2 Å². The summed E-state index contributed by atoms with van der Waals surface area (Å²) in [6, 6.07) is 20.7. The number of carbonyl (C=O) groups is 2. The Morgan fingerprint density at radius 3 is 2.54 bits per heavy atom. The highest BCUT2D eigenvalue weighted by Crippen LogP contribution is 2.40. The van der Waals surface area contributed by atoms with E-state index in [1.54, 1.807) is 24.3 Å². The Morgan fingerprint density at radius 1 is 0.923 bits per heavy atom. The molecule has 0 saturated carbocycles. The molecule has 6 nitrogen and oxygen atoms in total. The second-order valence-electron chi connectivity index (χ2n) is 9.24. The molecule has 0 spiro atoms. The molecule has 0 aliphatic carbocycles. The van der Waals surface area contributed by atoms with Crippen LogP contribution in [-0.2, 0) is 4.79 Å². The first-order chi connectivity index (χ1) is 19.0. The molecule has 0 N–H and O–H groups in total. The van der Waals surface area contributed by atoms with Crippen molar-refractivity contribution in [1.29, 1.82) is 0 Å². The largest absolute Gasteiger partial charge is 0.452 e. The zero-order chi connectivity index (χ0) is 27.4. The van der Waals surface area contributed by atoms with Gasteiger partial charge in [-0.25, -0.2) is 9.59 Å². The van der Waals surface area contributed by atoms with Crippen LogP contribution < -0.4 is 10.4 Å². The van der Waals surface area contributed by atoms with Crippen molar-refractivity contribution in [2.75, 3.05) is 0 Å². The summed E-state index contributed by atoms with van der Waals surface area (Å²) in [6.07, 6.45) is 3.70. The normalized spacial score (nSPS) is 10.8. The minimum atomic E-state index is -0.679. The van der Waals surface area contributed by atoms with Crippen molar-refractivity contribution in [2.45, 2.75) is 39.5 Å². The number of carbonyl (C=O) groups excluding carboxylic acids is 2. The number of esters is 1. The number of unbranched alkanes of at least 4 members (excludes halogenated alkanes) is 3. The second-order valence-corrected chi connectivity index (χ2v) is 9.24. The summed E-state index contributed by atoms with van der Waals surface area (Å²) in [5.74, 6) is 4.53. The average molecular weight is 519 g/mol. The molecule has 6 heteroatoms. The number of furan rings is 1. The van der Waals surface area contributed by atoms with Gasteiger partial charge in [0.15, 0.2) is 5.76 Å². The number of ether oxygens (including phenoxy) is 1. The molecule has 0 atom stereocenters. The van der Waals surface area contributed by atoms with E-state index in [9.17, 15) is 14.4 Å². The summed E-state index contributed by atoms with van der Waals surface area (Å²) in [4.78, 5) is 38.3. The molecule has 0 aliphatic heterocycles. The van der Waals surface area contributed by atoms with Crippen LogP contribution in [0.4, 0.5) is 0 Å². The number of ketones is 1. The summed E-state index contributed by atoms with van der Waals surface area (Å²) in [5.41, 5.74) is 2.59. The first-order valence-corrected chi connectivity index (χ1v) is 12.9. The fraction of sp³-hybridized carbons (Fsp3) is 0.182. The monoisotopic (exact) mass is 518 g/mol. The number of benzene rings is 3. The lowest BCUT2D eigenvalue weighted by atomic mass is 9.96. The summed E-state index contributed by atoms with van der Waals surface area (Å²) >= 11 is 0. The quantitative estimate of drug-likeness (QED) is 0.0429. The maximum Gasteiger partial charge on any atom is 0.389 e. The molecule has 2 aromatic heterocycles. The van der Waals surface area contributed by atoms with Crippen molar-refractivity contribution in [3.8, 4) is 28.7 Å². The van der Waals surface area contributed by atoms with Crippen molar-refractivity contribution < 1.29 is 23.2 Å². The first-order valence-electron chi connectivity index (χ1n) is 12.9. The summed E-state index contributed by atoms with van der Waals surface area (Å²) in [6.45, 7) is 3.94. The van der Waals surface area contributed by atoms with E-state index in [4.69, 9.17) is 13.6 Å². The third-order valence-electron chi connectivity index (χ3n) is 6.44. The molecule has 0 unspecified atom stereocenters. The van der Waals surface area contributed by atoms with E-state index in [0.717, 1.165) is 35.8 Å². The Balaban J connectivity index is 1.57. The van der Waals surface area contributed by atoms with Crippen LogP contribution in [0.2, 0.25) is 0 Å². The van der Waals surface area contributed by atoms with E-state index in [-0.39, 0.29) is 17.1 Å². The summed E-state index contributed by atoms with van der Waals surface area (Å²) in [7, 11) is 0. The maximum absolute atomic E-state index is 13.8. The molecule has 2 heterocycles. The number of rotatable bonds is 7. The molecule has 0 radical (unpaired) electrons. The molecule has 39 heavy (non-hydrogen) atoms. The van der Waals surface area contributed by atoms with Gasteiger partial charge in [-0.05, 0) is 48.7 Å². The van der Waals surface area contributed by atoms with Gasteiger partial charge in [0, 0.05) is 34.9 Å². The average Bonchev–Trinajstić information content (AvgIpc) is 3.33. The number of fused-ring (bicyclic) bond motifs is 3. The van der Waals surface area contributed by atoms with Gasteiger partial charge in [0.05, 0.1) is 5.39 Å². The second kappa shape index (κ2) is 11.2. The molecule has 5 aromatic rings. The van der Waals surface area contributed by atoms with E-state index < -0.39 is 17.4 Å². The van der Waals surface area contributed by atoms with Gasteiger partial charge in [-0.2, -0.15) is 0 Å². The van der Waals surface area contributed by atoms with Gasteiger partial charge in [0.25, 0.3) is 0 Å². The van der Waals surface area contributed by atoms with Crippen molar-refractivity contribution in [3.63, 3.8) is 0 Å². The summed E-state index contributed by atoms with van der Waals surface area (Å²) in [5, 5.41) is 1.30. The first kappa shape index (κ1) is 25.7. The van der Waals surface area contributed by atoms with Crippen molar-refractivity contribution in [2.24, 2.45) is 0 Å². The van der Waals surface area contributed by atoms with E-state index >= 15 is 0 Å². The molecule has 5 rings (SSSR count). The molecule has 194 valence electrons. The van der Waals surface area contributed by atoms with Crippen molar-refractivity contribution >= 4 is 33.7 Å². The lowest BCUT2D eigenvalue weighted by Crippen LogP contribution is -2.06. The van der Waals surface area contributed by atoms with Crippen LogP contribution in [-0.4, -0.2) is 11.8 Å². The lowest BCUT2D eigenvalue weighted by Gasteiger charge is -2.06. The molecule has 0 saturated heterocycles. The highest BCUT2D eigenvalue weighted by molar-refractivity contribution is 6.20. The van der Waals surface area contributed by atoms with Crippen LogP contribution in [0, 0.1) is 18.8 Å². The van der Waals surface area contributed by atoms with Crippen LogP contribution in [0.25, 0.3) is 33.1 Å². The van der Waals surface area contributed by atoms with E-state index in [0.29, 0.717) is 28.5 Å². The van der Waals surface area contributed by atoms with Crippen molar-refractivity contribution in [3.05, 3.63) is 100 Å².